The standard InChI is InChI=1S/C16H32BrN/c1-2-3-4-5-6-7-8-9-12-18-13-10-11-16(14-17)15-18/h16H,2-15H2,1H3. The summed E-state index contributed by atoms with van der Waals surface area (Å²) in [5.74, 6) is 0.910. The predicted octanol–water partition coefficient (Wildman–Crippen LogP) is 5.23. The van der Waals surface area contributed by atoms with Gasteiger partial charge in [-0.25, -0.2) is 0 Å². The van der Waals surface area contributed by atoms with Gasteiger partial charge in [0.2, 0.25) is 0 Å². The van der Waals surface area contributed by atoms with E-state index in [9.17, 15) is 0 Å². The minimum absolute atomic E-state index is 0.910. The molecule has 0 aromatic carbocycles. The molecule has 0 bridgehead atoms. The molecule has 1 rings (SSSR count). The van der Waals surface area contributed by atoms with Crippen LogP contribution in [-0.4, -0.2) is 29.9 Å². The second kappa shape index (κ2) is 11.3. The van der Waals surface area contributed by atoms with Crippen LogP contribution in [0.15, 0.2) is 0 Å². The fraction of sp³-hybridized carbons (Fsp3) is 1.00. The smallest absolute Gasteiger partial charge is 0.00718 e. The number of rotatable bonds is 10. The number of halogens is 1. The van der Waals surface area contributed by atoms with E-state index >= 15 is 0 Å². The summed E-state index contributed by atoms with van der Waals surface area (Å²) in [5.41, 5.74) is 0. The van der Waals surface area contributed by atoms with Crippen LogP contribution >= 0.6 is 15.9 Å². The van der Waals surface area contributed by atoms with Crippen molar-refractivity contribution >= 4 is 15.9 Å². The molecule has 1 heterocycles. The maximum Gasteiger partial charge on any atom is 0.00718 e. The lowest BCUT2D eigenvalue weighted by Gasteiger charge is -2.31. The van der Waals surface area contributed by atoms with Gasteiger partial charge >= 0.3 is 0 Å². The molecular weight excluding hydrogens is 286 g/mol. The van der Waals surface area contributed by atoms with Gasteiger partial charge in [0.1, 0.15) is 0 Å². The van der Waals surface area contributed by atoms with Gasteiger partial charge in [0.15, 0.2) is 0 Å². The summed E-state index contributed by atoms with van der Waals surface area (Å²) in [5, 5.41) is 1.20. The van der Waals surface area contributed by atoms with Crippen molar-refractivity contribution in [1.82, 2.24) is 4.90 Å². The third-order valence-electron chi connectivity index (χ3n) is 4.15. The Hall–Kier alpha value is 0.440. The summed E-state index contributed by atoms with van der Waals surface area (Å²) in [7, 11) is 0. The van der Waals surface area contributed by atoms with Crippen molar-refractivity contribution < 1.29 is 0 Å². The SMILES string of the molecule is CCCCCCCCCCN1CCCC(CBr)C1. The van der Waals surface area contributed by atoms with E-state index in [-0.39, 0.29) is 0 Å². The molecular formula is C16H32BrN. The van der Waals surface area contributed by atoms with E-state index in [1.807, 2.05) is 0 Å². The molecule has 0 saturated carbocycles. The molecule has 1 saturated heterocycles. The molecule has 108 valence electrons. The number of unbranched alkanes of at least 4 members (excludes halogenated alkanes) is 7. The maximum atomic E-state index is 3.63. The monoisotopic (exact) mass is 317 g/mol. The Balaban J connectivity index is 1.88. The third kappa shape index (κ3) is 7.78. The third-order valence-corrected chi connectivity index (χ3v) is 5.06. The van der Waals surface area contributed by atoms with Crippen molar-refractivity contribution in [3.05, 3.63) is 0 Å². The molecule has 1 aliphatic heterocycles. The first-order valence-corrected chi connectivity index (χ1v) is 9.27. The van der Waals surface area contributed by atoms with Crippen molar-refractivity contribution in [2.75, 3.05) is 25.0 Å². The van der Waals surface area contributed by atoms with Crippen LogP contribution in [0.25, 0.3) is 0 Å². The van der Waals surface area contributed by atoms with E-state index in [1.165, 1.54) is 89.2 Å². The van der Waals surface area contributed by atoms with Gasteiger partial charge in [0.25, 0.3) is 0 Å². The fourth-order valence-corrected chi connectivity index (χ4v) is 3.48. The topological polar surface area (TPSA) is 3.24 Å². The van der Waals surface area contributed by atoms with Crippen molar-refractivity contribution in [3.8, 4) is 0 Å². The number of likely N-dealkylation sites (tertiary alicyclic amines) is 1. The second-order valence-corrected chi connectivity index (χ2v) is 6.59. The fourth-order valence-electron chi connectivity index (χ4n) is 2.95. The molecule has 1 nitrogen and oxygen atoms in total. The Labute approximate surface area is 123 Å². The zero-order valence-electron chi connectivity index (χ0n) is 12.3. The van der Waals surface area contributed by atoms with Gasteiger partial charge in [-0.3, -0.25) is 0 Å². The van der Waals surface area contributed by atoms with Gasteiger partial charge < -0.3 is 4.90 Å². The van der Waals surface area contributed by atoms with Crippen LogP contribution in [0.1, 0.15) is 71.1 Å². The van der Waals surface area contributed by atoms with Crippen molar-refractivity contribution in [2.45, 2.75) is 71.1 Å². The van der Waals surface area contributed by atoms with E-state index in [0.717, 1.165) is 5.92 Å². The van der Waals surface area contributed by atoms with Crippen LogP contribution in [0.5, 0.6) is 0 Å². The summed E-state index contributed by atoms with van der Waals surface area (Å²) in [6, 6.07) is 0. The average Bonchev–Trinajstić information content (AvgIpc) is 2.42. The summed E-state index contributed by atoms with van der Waals surface area (Å²) in [6.45, 7) is 6.32. The van der Waals surface area contributed by atoms with Crippen LogP contribution in [0.2, 0.25) is 0 Å². The molecule has 0 amide bonds. The number of hydrogen-bond donors (Lipinski definition) is 0. The van der Waals surface area contributed by atoms with Crippen LogP contribution in [0, 0.1) is 5.92 Å². The number of nitrogens with zero attached hydrogens (tertiary/aromatic N) is 1. The molecule has 0 spiro atoms. The van der Waals surface area contributed by atoms with E-state index in [0.29, 0.717) is 0 Å². The number of alkyl halides is 1. The summed E-state index contributed by atoms with van der Waals surface area (Å²) in [6.07, 6.45) is 14.3. The first-order chi connectivity index (χ1) is 8.86. The van der Waals surface area contributed by atoms with Crippen molar-refractivity contribution in [3.63, 3.8) is 0 Å². The van der Waals surface area contributed by atoms with E-state index in [2.05, 4.69) is 27.8 Å². The van der Waals surface area contributed by atoms with Crippen LogP contribution < -0.4 is 0 Å². The van der Waals surface area contributed by atoms with Gasteiger partial charge in [0.05, 0.1) is 0 Å². The minimum atomic E-state index is 0.910. The highest BCUT2D eigenvalue weighted by Crippen LogP contribution is 2.18. The number of hydrogen-bond acceptors (Lipinski definition) is 1. The maximum absolute atomic E-state index is 3.63. The van der Waals surface area contributed by atoms with Gasteiger partial charge in [-0.15, -0.1) is 0 Å². The van der Waals surface area contributed by atoms with Crippen molar-refractivity contribution in [1.29, 1.82) is 0 Å². The van der Waals surface area contributed by atoms with E-state index < -0.39 is 0 Å². The van der Waals surface area contributed by atoms with Crippen LogP contribution in [0.3, 0.4) is 0 Å². The Morgan fingerprint density at radius 3 is 2.33 bits per heavy atom. The Bertz CT molecular complexity index is 184. The highest BCUT2D eigenvalue weighted by Gasteiger charge is 2.17. The largest absolute Gasteiger partial charge is 0.303 e. The molecule has 1 fully saturated rings. The summed E-state index contributed by atoms with van der Waals surface area (Å²) in [4.78, 5) is 2.69. The lowest BCUT2D eigenvalue weighted by molar-refractivity contribution is 0.183. The van der Waals surface area contributed by atoms with Gasteiger partial charge in [0, 0.05) is 11.9 Å². The van der Waals surface area contributed by atoms with Crippen molar-refractivity contribution in [2.24, 2.45) is 5.92 Å². The molecule has 0 N–H and O–H groups in total. The molecule has 0 aromatic rings. The molecule has 1 atom stereocenters. The van der Waals surface area contributed by atoms with E-state index in [1.54, 1.807) is 0 Å². The lowest BCUT2D eigenvalue weighted by Crippen LogP contribution is -2.36. The predicted molar refractivity (Wildman–Crippen MR) is 85.6 cm³/mol. The summed E-state index contributed by atoms with van der Waals surface area (Å²) < 4.78 is 0. The first-order valence-electron chi connectivity index (χ1n) is 8.15. The zero-order valence-corrected chi connectivity index (χ0v) is 13.9. The minimum Gasteiger partial charge on any atom is -0.303 e. The highest BCUT2D eigenvalue weighted by molar-refractivity contribution is 9.09. The Morgan fingerprint density at radius 1 is 1.00 bits per heavy atom. The molecule has 0 aliphatic carbocycles. The van der Waals surface area contributed by atoms with Gasteiger partial charge in [-0.1, -0.05) is 67.8 Å². The molecule has 1 aliphatic rings. The van der Waals surface area contributed by atoms with E-state index in [4.69, 9.17) is 0 Å². The molecule has 1 unspecified atom stereocenters. The molecule has 0 radical (unpaired) electrons. The average molecular weight is 318 g/mol. The van der Waals surface area contributed by atoms with Crippen LogP contribution in [0.4, 0.5) is 0 Å². The van der Waals surface area contributed by atoms with Gasteiger partial charge in [-0.2, -0.15) is 0 Å². The molecule has 18 heavy (non-hydrogen) atoms. The molecule has 0 aromatic heterocycles. The highest BCUT2D eigenvalue weighted by atomic mass is 79.9. The normalized spacial score (nSPS) is 21.3. The lowest BCUT2D eigenvalue weighted by atomic mass is 10.00. The Kier molecular flexibility index (Phi) is 10.3. The zero-order chi connectivity index (χ0) is 13.1. The summed E-state index contributed by atoms with van der Waals surface area (Å²) >= 11 is 3.63. The van der Waals surface area contributed by atoms with Crippen LogP contribution in [-0.2, 0) is 0 Å². The Morgan fingerprint density at radius 2 is 1.67 bits per heavy atom. The second-order valence-electron chi connectivity index (χ2n) is 5.94. The van der Waals surface area contributed by atoms with Gasteiger partial charge in [-0.05, 0) is 38.3 Å². The molecule has 2 heteroatoms. The quantitative estimate of drug-likeness (QED) is 0.393. The first kappa shape index (κ1) is 16.5. The number of piperidine rings is 1.